The van der Waals surface area contributed by atoms with Gasteiger partial charge in [0.05, 0.1) is 12.2 Å². The van der Waals surface area contributed by atoms with Crippen molar-refractivity contribution in [2.45, 2.75) is 45.7 Å². The molecule has 6 N–H and O–H groups in total. The molecule has 4 heterocycles. The number of H-pyrrole nitrogens is 1. The number of hydrogen-bond donors (Lipinski definition) is 4. The summed E-state index contributed by atoms with van der Waals surface area (Å²) in [4.78, 5) is 37.1. The normalized spacial score (nSPS) is 12.8. The number of carbonyl (C=O) groups excluding carboxylic acids is 1. The van der Waals surface area contributed by atoms with Crippen molar-refractivity contribution in [3.8, 4) is 11.5 Å². The number of nitrogens with zero attached hydrogens (tertiary/aromatic N) is 6. The molecule has 0 saturated carbocycles. The van der Waals surface area contributed by atoms with Gasteiger partial charge in [0.25, 0.3) is 5.91 Å². The maximum atomic E-state index is 12.7. The van der Waals surface area contributed by atoms with Crippen molar-refractivity contribution in [1.82, 2.24) is 40.4 Å². The number of anilines is 1. The lowest BCUT2D eigenvalue weighted by atomic mass is 9.96. The van der Waals surface area contributed by atoms with Gasteiger partial charge in [0.1, 0.15) is 34.9 Å². The molecule has 0 aliphatic rings. The molecule has 166 valence electrons. The Bertz CT molecular complexity index is 1290. The van der Waals surface area contributed by atoms with Crippen LogP contribution in [-0.4, -0.2) is 41.0 Å². The number of fused-ring (bicyclic) bond motifs is 1. The summed E-state index contributed by atoms with van der Waals surface area (Å²) in [7, 11) is 0. The molecule has 0 radical (unpaired) electrons. The van der Waals surface area contributed by atoms with E-state index in [1.807, 2.05) is 20.8 Å². The molecule has 12 nitrogen and oxygen atoms in total. The third-order valence-electron chi connectivity index (χ3n) is 4.85. The van der Waals surface area contributed by atoms with Crippen molar-refractivity contribution in [1.29, 1.82) is 0 Å². The minimum atomic E-state index is -0.498. The molecule has 0 fully saturated rings. The van der Waals surface area contributed by atoms with E-state index in [0.717, 1.165) is 0 Å². The predicted molar refractivity (Wildman–Crippen MR) is 116 cm³/mol. The smallest absolute Gasteiger partial charge is 0.271 e. The number of aromatic amines is 1. The Labute approximate surface area is 183 Å². The molecule has 0 bridgehead atoms. The van der Waals surface area contributed by atoms with Crippen molar-refractivity contribution in [2.75, 3.05) is 5.73 Å². The fraction of sp³-hybridized carbons (Fsp3) is 0.350. The van der Waals surface area contributed by atoms with E-state index in [-0.39, 0.29) is 23.5 Å². The Morgan fingerprint density at radius 3 is 2.75 bits per heavy atom. The second-order valence-corrected chi connectivity index (χ2v) is 8.37. The average molecular weight is 436 g/mol. The molecule has 0 saturated heterocycles. The maximum absolute atomic E-state index is 12.7. The second kappa shape index (κ2) is 7.96. The lowest BCUT2D eigenvalue weighted by Crippen LogP contribution is -2.29. The van der Waals surface area contributed by atoms with Crippen molar-refractivity contribution < 1.29 is 9.32 Å². The molecule has 0 aromatic carbocycles. The van der Waals surface area contributed by atoms with E-state index in [1.165, 1.54) is 6.33 Å². The maximum Gasteiger partial charge on any atom is 0.271 e. The molecule has 1 amide bonds. The SMILES string of the molecule is C[C@@H](NC(=O)c1ncnc(N)c1CN)c1cc(-c2nc3nc(C(C)(C)C)ncc3[nH]2)no1. The van der Waals surface area contributed by atoms with Crippen LogP contribution in [0.25, 0.3) is 22.7 Å². The van der Waals surface area contributed by atoms with Gasteiger partial charge in [0, 0.05) is 23.6 Å². The van der Waals surface area contributed by atoms with Crippen LogP contribution in [0.15, 0.2) is 23.1 Å². The summed E-state index contributed by atoms with van der Waals surface area (Å²) < 4.78 is 5.43. The van der Waals surface area contributed by atoms with E-state index < -0.39 is 11.9 Å². The average Bonchev–Trinajstić information content (AvgIpc) is 3.39. The van der Waals surface area contributed by atoms with E-state index >= 15 is 0 Å². The lowest BCUT2D eigenvalue weighted by molar-refractivity contribution is 0.0927. The summed E-state index contributed by atoms with van der Waals surface area (Å²) in [6.07, 6.45) is 2.92. The molecular formula is C20H24N10O2. The van der Waals surface area contributed by atoms with Gasteiger partial charge in [-0.3, -0.25) is 4.79 Å². The minimum Gasteiger partial charge on any atom is -0.383 e. The minimum absolute atomic E-state index is 0.0438. The number of amides is 1. The first-order valence-electron chi connectivity index (χ1n) is 9.98. The van der Waals surface area contributed by atoms with E-state index in [1.54, 1.807) is 19.2 Å². The number of aromatic nitrogens is 7. The summed E-state index contributed by atoms with van der Waals surface area (Å²) in [5.74, 6) is 1.35. The Morgan fingerprint density at radius 2 is 2.03 bits per heavy atom. The zero-order valence-corrected chi connectivity index (χ0v) is 18.2. The van der Waals surface area contributed by atoms with Gasteiger partial charge >= 0.3 is 0 Å². The summed E-state index contributed by atoms with van der Waals surface area (Å²) in [5, 5.41) is 6.87. The van der Waals surface area contributed by atoms with Gasteiger partial charge in [0.2, 0.25) is 0 Å². The van der Waals surface area contributed by atoms with Crippen LogP contribution in [0, 0.1) is 0 Å². The molecule has 32 heavy (non-hydrogen) atoms. The highest BCUT2D eigenvalue weighted by Gasteiger charge is 2.22. The van der Waals surface area contributed by atoms with Crippen LogP contribution < -0.4 is 16.8 Å². The van der Waals surface area contributed by atoms with Gasteiger partial charge in [-0.15, -0.1) is 0 Å². The van der Waals surface area contributed by atoms with Crippen LogP contribution in [0.1, 0.15) is 61.4 Å². The molecule has 1 atom stereocenters. The van der Waals surface area contributed by atoms with Crippen LogP contribution in [-0.2, 0) is 12.0 Å². The third-order valence-corrected chi connectivity index (χ3v) is 4.85. The topological polar surface area (TPSA) is 187 Å². The van der Waals surface area contributed by atoms with Crippen molar-refractivity contribution in [3.05, 3.63) is 41.4 Å². The van der Waals surface area contributed by atoms with Crippen LogP contribution >= 0.6 is 0 Å². The van der Waals surface area contributed by atoms with Crippen LogP contribution in [0.4, 0.5) is 5.82 Å². The number of imidazole rings is 1. The zero-order chi connectivity index (χ0) is 23.0. The van der Waals surface area contributed by atoms with Gasteiger partial charge in [-0.25, -0.2) is 24.9 Å². The largest absolute Gasteiger partial charge is 0.383 e. The fourth-order valence-electron chi connectivity index (χ4n) is 3.05. The molecule has 0 aliphatic carbocycles. The number of nitrogens with one attached hydrogen (secondary N) is 2. The lowest BCUT2D eigenvalue weighted by Gasteiger charge is -2.15. The molecule has 4 rings (SSSR count). The Hall–Kier alpha value is -3.93. The molecule has 0 spiro atoms. The predicted octanol–water partition coefficient (Wildman–Crippen LogP) is 1.63. The monoisotopic (exact) mass is 436 g/mol. The van der Waals surface area contributed by atoms with Gasteiger partial charge in [-0.2, -0.15) is 0 Å². The van der Waals surface area contributed by atoms with Gasteiger partial charge in [0.15, 0.2) is 17.2 Å². The molecule has 12 heteroatoms. The highest BCUT2D eigenvalue weighted by molar-refractivity contribution is 5.94. The number of hydrogen-bond acceptors (Lipinski definition) is 10. The summed E-state index contributed by atoms with van der Waals surface area (Å²) in [6, 6.07) is 1.20. The van der Waals surface area contributed by atoms with Crippen LogP contribution in [0.2, 0.25) is 0 Å². The third kappa shape index (κ3) is 3.99. The summed E-state index contributed by atoms with van der Waals surface area (Å²) in [5.41, 5.74) is 13.5. The Kier molecular flexibility index (Phi) is 5.30. The van der Waals surface area contributed by atoms with Crippen molar-refractivity contribution in [2.24, 2.45) is 5.73 Å². The quantitative estimate of drug-likeness (QED) is 0.358. The summed E-state index contributed by atoms with van der Waals surface area (Å²) >= 11 is 0. The van der Waals surface area contributed by atoms with Gasteiger partial charge in [-0.1, -0.05) is 25.9 Å². The van der Waals surface area contributed by atoms with E-state index in [4.69, 9.17) is 16.0 Å². The van der Waals surface area contributed by atoms with Crippen molar-refractivity contribution >= 4 is 22.9 Å². The van der Waals surface area contributed by atoms with Gasteiger partial charge < -0.3 is 26.3 Å². The first-order chi connectivity index (χ1) is 15.2. The van der Waals surface area contributed by atoms with Crippen molar-refractivity contribution in [3.63, 3.8) is 0 Å². The number of nitrogens with two attached hydrogens (primary N) is 2. The first kappa shape index (κ1) is 21.3. The molecule has 4 aromatic rings. The van der Waals surface area contributed by atoms with E-state index in [2.05, 4.69) is 40.4 Å². The standard InChI is InChI=1S/C20H24N10O2/c1-9(26-18(31)14-10(6-21)15(22)25-8-24-14)13-5-11(30-32-13)16-27-12-7-23-19(20(2,3)4)29-17(12)28-16/h5,7-9H,6,21H2,1-4H3,(H,26,31)(H2,22,24,25)(H,23,27,28,29)/t9-/m1/s1. The van der Waals surface area contributed by atoms with Crippen LogP contribution in [0.5, 0.6) is 0 Å². The van der Waals surface area contributed by atoms with Gasteiger partial charge in [-0.05, 0) is 6.92 Å². The zero-order valence-electron chi connectivity index (χ0n) is 18.2. The first-order valence-corrected chi connectivity index (χ1v) is 9.98. The van der Waals surface area contributed by atoms with Crippen LogP contribution in [0.3, 0.4) is 0 Å². The fourth-order valence-corrected chi connectivity index (χ4v) is 3.05. The Morgan fingerprint density at radius 1 is 1.25 bits per heavy atom. The molecular weight excluding hydrogens is 412 g/mol. The molecule has 0 aliphatic heterocycles. The number of nitrogen functional groups attached to an aromatic ring is 1. The summed E-state index contributed by atoms with van der Waals surface area (Å²) in [6.45, 7) is 7.91. The Balaban J connectivity index is 1.55. The number of rotatable bonds is 5. The van der Waals surface area contributed by atoms with E-state index in [0.29, 0.717) is 39.8 Å². The number of carbonyl (C=O) groups is 1. The molecule has 0 unspecified atom stereocenters. The molecule has 4 aromatic heterocycles. The second-order valence-electron chi connectivity index (χ2n) is 8.37. The van der Waals surface area contributed by atoms with E-state index in [9.17, 15) is 4.79 Å². The highest BCUT2D eigenvalue weighted by Crippen LogP contribution is 2.24. The highest BCUT2D eigenvalue weighted by atomic mass is 16.5.